The van der Waals surface area contributed by atoms with Crippen molar-refractivity contribution in [2.75, 3.05) is 12.8 Å². The number of aromatic nitrogens is 2. The first-order chi connectivity index (χ1) is 13.7. The molecule has 2 aromatic heterocycles. The third kappa shape index (κ3) is 5.28. The Labute approximate surface area is 163 Å². The molecule has 0 radical (unpaired) electrons. The summed E-state index contributed by atoms with van der Waals surface area (Å²) in [6.07, 6.45) is 1.69. The average molecular weight is 378 g/mol. The summed E-state index contributed by atoms with van der Waals surface area (Å²) in [7, 11) is 1.58. The maximum absolute atomic E-state index is 12.3. The molecule has 0 fully saturated rings. The molecule has 0 saturated carbocycles. The standard InChI is InChI=1S/C21H22N4O3/c1-27-14-17-9-10-18(20(22)25-17)21(26)24-12-15-5-7-16(8-6-15)13-28-19-4-2-3-11-23-19/h2-11H,12-14H2,1H3,(H2,22,25)(H,24,26). The molecule has 144 valence electrons. The minimum absolute atomic E-state index is 0.189. The lowest BCUT2D eigenvalue weighted by Crippen LogP contribution is -2.24. The summed E-state index contributed by atoms with van der Waals surface area (Å²) in [6.45, 7) is 1.17. The van der Waals surface area contributed by atoms with Gasteiger partial charge in [0.25, 0.3) is 5.91 Å². The number of hydrogen-bond acceptors (Lipinski definition) is 6. The normalized spacial score (nSPS) is 10.5. The number of nitrogen functional groups attached to an aromatic ring is 1. The van der Waals surface area contributed by atoms with E-state index in [0.717, 1.165) is 11.1 Å². The van der Waals surface area contributed by atoms with Crippen LogP contribution in [0, 0.1) is 0 Å². The van der Waals surface area contributed by atoms with Crippen LogP contribution in [0.25, 0.3) is 0 Å². The monoisotopic (exact) mass is 378 g/mol. The summed E-state index contributed by atoms with van der Waals surface area (Å²) in [5.41, 5.74) is 8.89. The van der Waals surface area contributed by atoms with E-state index in [1.165, 1.54) is 0 Å². The van der Waals surface area contributed by atoms with Crippen LogP contribution in [0.4, 0.5) is 5.82 Å². The zero-order valence-electron chi connectivity index (χ0n) is 15.6. The van der Waals surface area contributed by atoms with Gasteiger partial charge in [-0.2, -0.15) is 0 Å². The Morgan fingerprint density at radius 2 is 1.82 bits per heavy atom. The number of nitrogens with zero attached hydrogens (tertiary/aromatic N) is 2. The Balaban J connectivity index is 1.52. The molecule has 3 rings (SSSR count). The Morgan fingerprint density at radius 3 is 2.50 bits per heavy atom. The van der Waals surface area contributed by atoms with E-state index in [4.69, 9.17) is 15.2 Å². The fraction of sp³-hybridized carbons (Fsp3) is 0.190. The highest BCUT2D eigenvalue weighted by Gasteiger charge is 2.11. The van der Waals surface area contributed by atoms with Crippen molar-refractivity contribution in [1.82, 2.24) is 15.3 Å². The second kappa shape index (κ2) is 9.48. The number of carbonyl (C=O) groups excluding carboxylic acids is 1. The number of pyridine rings is 2. The van der Waals surface area contributed by atoms with Crippen LogP contribution in [-0.4, -0.2) is 23.0 Å². The number of benzene rings is 1. The van der Waals surface area contributed by atoms with Gasteiger partial charge in [0.2, 0.25) is 5.88 Å². The van der Waals surface area contributed by atoms with Gasteiger partial charge in [-0.3, -0.25) is 4.79 Å². The summed E-state index contributed by atoms with van der Waals surface area (Å²) in [4.78, 5) is 20.6. The Bertz CT molecular complexity index is 915. The molecular weight excluding hydrogens is 356 g/mol. The zero-order valence-corrected chi connectivity index (χ0v) is 15.6. The summed E-state index contributed by atoms with van der Waals surface area (Å²) in [5, 5.41) is 2.85. The molecule has 2 heterocycles. The molecule has 7 nitrogen and oxygen atoms in total. The van der Waals surface area contributed by atoms with Gasteiger partial charge in [0.15, 0.2) is 0 Å². The first-order valence-corrected chi connectivity index (χ1v) is 8.80. The van der Waals surface area contributed by atoms with Gasteiger partial charge in [-0.1, -0.05) is 30.3 Å². The van der Waals surface area contributed by atoms with Gasteiger partial charge >= 0.3 is 0 Å². The number of nitrogens with two attached hydrogens (primary N) is 1. The van der Waals surface area contributed by atoms with Crippen molar-refractivity contribution in [3.8, 4) is 5.88 Å². The summed E-state index contributed by atoms with van der Waals surface area (Å²) in [6, 6.07) is 16.7. The minimum atomic E-state index is -0.267. The number of nitrogens with one attached hydrogen (secondary N) is 1. The van der Waals surface area contributed by atoms with Crippen molar-refractivity contribution in [1.29, 1.82) is 0 Å². The Hall–Kier alpha value is -3.45. The molecular formula is C21H22N4O3. The molecule has 0 aliphatic rings. The number of rotatable bonds is 8. The number of carbonyl (C=O) groups is 1. The lowest BCUT2D eigenvalue weighted by atomic mass is 10.1. The molecule has 7 heteroatoms. The third-order valence-electron chi connectivity index (χ3n) is 4.02. The van der Waals surface area contributed by atoms with Crippen LogP contribution in [0.3, 0.4) is 0 Å². The highest BCUT2D eigenvalue weighted by atomic mass is 16.5. The van der Waals surface area contributed by atoms with E-state index in [2.05, 4.69) is 15.3 Å². The molecule has 3 aromatic rings. The van der Waals surface area contributed by atoms with Gasteiger partial charge in [-0.15, -0.1) is 0 Å². The van der Waals surface area contributed by atoms with E-state index in [0.29, 0.717) is 36.9 Å². The van der Waals surface area contributed by atoms with Gasteiger partial charge in [0.05, 0.1) is 17.9 Å². The molecule has 0 aliphatic carbocycles. The second-order valence-corrected chi connectivity index (χ2v) is 6.12. The molecule has 1 aromatic carbocycles. The van der Waals surface area contributed by atoms with Gasteiger partial charge in [0, 0.05) is 25.9 Å². The van der Waals surface area contributed by atoms with Crippen LogP contribution in [0.1, 0.15) is 27.2 Å². The van der Waals surface area contributed by atoms with E-state index in [-0.39, 0.29) is 11.7 Å². The molecule has 1 amide bonds. The van der Waals surface area contributed by atoms with E-state index in [1.807, 2.05) is 42.5 Å². The van der Waals surface area contributed by atoms with Crippen molar-refractivity contribution < 1.29 is 14.3 Å². The topological polar surface area (TPSA) is 99.4 Å². The van der Waals surface area contributed by atoms with Gasteiger partial charge in [-0.05, 0) is 29.3 Å². The number of methoxy groups -OCH3 is 1. The molecule has 3 N–H and O–H groups in total. The number of anilines is 1. The maximum atomic E-state index is 12.3. The summed E-state index contributed by atoms with van der Waals surface area (Å²) < 4.78 is 10.6. The average Bonchev–Trinajstić information content (AvgIpc) is 2.72. The van der Waals surface area contributed by atoms with Crippen molar-refractivity contribution in [2.24, 2.45) is 0 Å². The zero-order chi connectivity index (χ0) is 19.8. The number of ether oxygens (including phenoxy) is 2. The lowest BCUT2D eigenvalue weighted by Gasteiger charge is -2.09. The molecule has 0 unspecified atom stereocenters. The third-order valence-corrected chi connectivity index (χ3v) is 4.02. The first-order valence-electron chi connectivity index (χ1n) is 8.80. The first kappa shape index (κ1) is 19.3. The van der Waals surface area contributed by atoms with Gasteiger partial charge < -0.3 is 20.5 Å². The SMILES string of the molecule is COCc1ccc(C(=O)NCc2ccc(COc3ccccn3)cc2)c(N)n1. The summed E-state index contributed by atoms with van der Waals surface area (Å²) >= 11 is 0. The van der Waals surface area contributed by atoms with Crippen LogP contribution in [0.5, 0.6) is 5.88 Å². The molecule has 28 heavy (non-hydrogen) atoms. The van der Waals surface area contributed by atoms with Crippen LogP contribution >= 0.6 is 0 Å². The van der Waals surface area contributed by atoms with E-state index in [9.17, 15) is 4.79 Å². The predicted molar refractivity (Wildman–Crippen MR) is 106 cm³/mol. The van der Waals surface area contributed by atoms with Gasteiger partial charge in [0.1, 0.15) is 12.4 Å². The van der Waals surface area contributed by atoms with Crippen LogP contribution < -0.4 is 15.8 Å². The number of hydrogen-bond donors (Lipinski definition) is 2. The summed E-state index contributed by atoms with van der Waals surface area (Å²) in [5.74, 6) is 0.507. The van der Waals surface area contributed by atoms with E-state index in [1.54, 1.807) is 25.4 Å². The highest BCUT2D eigenvalue weighted by molar-refractivity contribution is 5.98. The smallest absolute Gasteiger partial charge is 0.255 e. The van der Waals surface area contributed by atoms with Crippen LogP contribution in [-0.2, 0) is 24.5 Å². The Morgan fingerprint density at radius 1 is 1.04 bits per heavy atom. The molecule has 0 saturated heterocycles. The molecule has 0 bridgehead atoms. The number of amides is 1. The van der Waals surface area contributed by atoms with Crippen molar-refractivity contribution in [3.63, 3.8) is 0 Å². The molecule has 0 spiro atoms. The van der Waals surface area contributed by atoms with Crippen molar-refractivity contribution in [2.45, 2.75) is 19.8 Å². The van der Waals surface area contributed by atoms with Crippen molar-refractivity contribution in [3.05, 3.63) is 83.2 Å². The fourth-order valence-electron chi connectivity index (χ4n) is 2.56. The second-order valence-electron chi connectivity index (χ2n) is 6.12. The molecule has 0 aliphatic heterocycles. The highest BCUT2D eigenvalue weighted by Crippen LogP contribution is 2.12. The van der Waals surface area contributed by atoms with E-state index < -0.39 is 0 Å². The maximum Gasteiger partial charge on any atom is 0.255 e. The van der Waals surface area contributed by atoms with Crippen LogP contribution in [0.2, 0.25) is 0 Å². The minimum Gasteiger partial charge on any atom is -0.473 e. The van der Waals surface area contributed by atoms with Gasteiger partial charge in [-0.25, -0.2) is 9.97 Å². The Kier molecular flexibility index (Phi) is 6.54. The predicted octanol–water partition coefficient (Wildman–Crippen LogP) is 2.71. The fourth-order valence-corrected chi connectivity index (χ4v) is 2.56. The lowest BCUT2D eigenvalue weighted by molar-refractivity contribution is 0.0951. The quantitative estimate of drug-likeness (QED) is 0.625. The largest absolute Gasteiger partial charge is 0.473 e. The van der Waals surface area contributed by atoms with Crippen LogP contribution in [0.15, 0.2) is 60.8 Å². The molecule has 0 atom stereocenters. The van der Waals surface area contributed by atoms with E-state index >= 15 is 0 Å². The van der Waals surface area contributed by atoms with Crippen molar-refractivity contribution >= 4 is 11.7 Å².